The van der Waals surface area contributed by atoms with E-state index >= 15 is 0 Å². The summed E-state index contributed by atoms with van der Waals surface area (Å²) >= 11 is 0. The molecule has 0 aliphatic heterocycles. The van der Waals surface area contributed by atoms with Crippen molar-refractivity contribution in [1.29, 1.82) is 0 Å². The molecular formula is C63H69IrN3. The van der Waals surface area contributed by atoms with E-state index in [2.05, 4.69) is 200 Å². The Morgan fingerprint density at radius 3 is 0.821 bits per heavy atom. The van der Waals surface area contributed by atoms with Gasteiger partial charge in [-0.1, -0.05) is 224 Å². The van der Waals surface area contributed by atoms with E-state index in [-0.39, 0.29) is 20.1 Å². The molecule has 0 N–H and O–H groups in total. The number of unbranched alkanes of at least 4 members (excludes halogenated alkanes) is 9. The molecule has 0 atom stereocenters. The van der Waals surface area contributed by atoms with Crippen molar-refractivity contribution in [2.24, 2.45) is 0 Å². The van der Waals surface area contributed by atoms with E-state index in [0.29, 0.717) is 0 Å². The molecule has 0 bridgehead atoms. The maximum atomic E-state index is 4.59. The van der Waals surface area contributed by atoms with Crippen molar-refractivity contribution in [3.8, 4) is 33.8 Å². The van der Waals surface area contributed by atoms with E-state index in [1.54, 1.807) is 0 Å². The number of hydrogen-bond acceptors (Lipinski definition) is 3. The van der Waals surface area contributed by atoms with Crippen LogP contribution in [0.3, 0.4) is 0 Å². The van der Waals surface area contributed by atoms with Crippen LogP contribution in [0.5, 0.6) is 0 Å². The van der Waals surface area contributed by atoms with Crippen molar-refractivity contribution >= 4 is 32.3 Å². The Kier molecular flexibility index (Phi) is 21.0. The zero-order valence-corrected chi connectivity index (χ0v) is 42.5. The fourth-order valence-electron chi connectivity index (χ4n) is 8.80. The van der Waals surface area contributed by atoms with Crippen molar-refractivity contribution in [2.45, 2.75) is 117 Å². The molecule has 9 aromatic rings. The number of aryl methyl sites for hydroxylation is 3. The number of nitrogens with zero attached hydrogens (tertiary/aromatic N) is 3. The van der Waals surface area contributed by atoms with Crippen LogP contribution < -0.4 is 0 Å². The van der Waals surface area contributed by atoms with Crippen LogP contribution in [0.2, 0.25) is 0 Å². The first kappa shape index (κ1) is 50.6. The number of fused-ring (bicyclic) bond motifs is 3. The minimum atomic E-state index is 0. The first-order chi connectivity index (χ1) is 32.6. The monoisotopic (exact) mass is 1060 g/mol. The molecule has 0 aliphatic rings. The van der Waals surface area contributed by atoms with Gasteiger partial charge in [-0.25, -0.2) is 0 Å². The van der Waals surface area contributed by atoms with Gasteiger partial charge in [-0.15, -0.1) is 0 Å². The van der Waals surface area contributed by atoms with Crippen LogP contribution in [0.1, 0.15) is 115 Å². The molecule has 0 saturated carbocycles. The fourth-order valence-corrected chi connectivity index (χ4v) is 8.80. The Bertz CT molecular complexity index is 2490. The number of hydrogen-bond donors (Lipinski definition) is 0. The maximum absolute atomic E-state index is 4.59. The molecule has 4 heteroatoms. The minimum Gasteiger partial charge on any atom is -0.256 e. The molecule has 1 radical (unpaired) electrons. The van der Waals surface area contributed by atoms with Crippen molar-refractivity contribution in [2.75, 3.05) is 0 Å². The molecule has 0 spiro atoms. The molecule has 0 aliphatic carbocycles. The quantitative estimate of drug-likeness (QED) is 0.0804. The van der Waals surface area contributed by atoms with Gasteiger partial charge in [-0.05, 0) is 89.6 Å². The Hall–Kier alpha value is -5.80. The molecule has 345 valence electrons. The second kappa shape index (κ2) is 27.7. The minimum absolute atomic E-state index is 0. The third-order valence-electron chi connectivity index (χ3n) is 12.7. The normalized spacial score (nSPS) is 10.8. The van der Waals surface area contributed by atoms with E-state index in [9.17, 15) is 0 Å². The molecule has 0 unspecified atom stereocenters. The summed E-state index contributed by atoms with van der Waals surface area (Å²) in [4.78, 5) is 13.8. The summed E-state index contributed by atoms with van der Waals surface area (Å²) < 4.78 is 0. The van der Waals surface area contributed by atoms with Crippen LogP contribution in [0.25, 0.3) is 66.1 Å². The summed E-state index contributed by atoms with van der Waals surface area (Å²) in [5.74, 6) is 0. The Balaban J connectivity index is 0.000000165. The number of rotatable bonds is 18. The average Bonchev–Trinajstić information content (AvgIpc) is 3.38. The van der Waals surface area contributed by atoms with Gasteiger partial charge in [0, 0.05) is 71.5 Å². The van der Waals surface area contributed by atoms with Crippen LogP contribution in [-0.4, -0.2) is 15.0 Å². The molecule has 9 rings (SSSR count). The second-order valence-corrected chi connectivity index (χ2v) is 17.7. The van der Waals surface area contributed by atoms with E-state index in [0.717, 1.165) is 17.1 Å². The fraction of sp³-hybridized carbons (Fsp3) is 0.286. The maximum Gasteiger partial charge on any atom is 0.0780 e. The zero-order chi connectivity index (χ0) is 45.6. The van der Waals surface area contributed by atoms with Gasteiger partial charge in [0.1, 0.15) is 0 Å². The number of aromatic nitrogens is 3. The van der Waals surface area contributed by atoms with Gasteiger partial charge in [-0.2, -0.15) is 0 Å². The van der Waals surface area contributed by atoms with E-state index < -0.39 is 0 Å². The van der Waals surface area contributed by atoms with Gasteiger partial charge in [0.15, 0.2) is 0 Å². The average molecular weight is 1060 g/mol. The van der Waals surface area contributed by atoms with Gasteiger partial charge in [-0.3, -0.25) is 15.0 Å². The van der Waals surface area contributed by atoms with Gasteiger partial charge < -0.3 is 0 Å². The summed E-state index contributed by atoms with van der Waals surface area (Å²) in [6, 6.07) is 58.3. The summed E-state index contributed by atoms with van der Waals surface area (Å²) in [5.41, 5.74) is 11.1. The van der Waals surface area contributed by atoms with Crippen LogP contribution in [0, 0.1) is 0 Å². The molecule has 0 saturated heterocycles. The summed E-state index contributed by atoms with van der Waals surface area (Å²) in [5, 5.41) is 7.41. The third kappa shape index (κ3) is 14.8. The Morgan fingerprint density at radius 2 is 0.552 bits per heavy atom. The molecule has 0 fully saturated rings. The Labute approximate surface area is 414 Å². The molecule has 3 aromatic heterocycles. The molecule has 3 nitrogen and oxygen atoms in total. The van der Waals surface area contributed by atoms with Crippen molar-refractivity contribution in [3.63, 3.8) is 0 Å². The van der Waals surface area contributed by atoms with Crippen LogP contribution >= 0.6 is 0 Å². The standard InChI is InChI=1S/3C21H23N.Ir/c3*1-2-3-4-5-8-17-11-13-19(14-12-17)21-20-10-7-6-9-18(20)15-16-22-21;/h3*6-7,9-16H,2-5,8H2,1H3;. The molecule has 6 aromatic carbocycles. The van der Waals surface area contributed by atoms with Gasteiger partial charge >= 0.3 is 0 Å². The summed E-state index contributed by atoms with van der Waals surface area (Å²) in [6.45, 7) is 6.77. The predicted molar refractivity (Wildman–Crippen MR) is 285 cm³/mol. The van der Waals surface area contributed by atoms with E-state index in [1.807, 2.05) is 18.6 Å². The van der Waals surface area contributed by atoms with Crippen molar-refractivity contribution in [1.82, 2.24) is 15.0 Å². The first-order valence-electron chi connectivity index (χ1n) is 24.9. The van der Waals surface area contributed by atoms with Crippen LogP contribution in [-0.2, 0) is 39.4 Å². The number of pyridine rings is 3. The zero-order valence-electron chi connectivity index (χ0n) is 40.1. The molecule has 3 heterocycles. The van der Waals surface area contributed by atoms with Crippen molar-refractivity contribution < 1.29 is 20.1 Å². The van der Waals surface area contributed by atoms with Crippen LogP contribution in [0.15, 0.2) is 182 Å². The topological polar surface area (TPSA) is 38.7 Å². The largest absolute Gasteiger partial charge is 0.256 e. The van der Waals surface area contributed by atoms with Crippen LogP contribution in [0.4, 0.5) is 0 Å². The SMILES string of the molecule is CCCCCCc1ccc(-c2nccc3ccccc23)cc1.CCCCCCc1ccc(-c2nccc3ccccc23)cc1.CCCCCCc1ccc(-c2nccc3ccccc23)cc1.[Ir]. The van der Waals surface area contributed by atoms with Gasteiger partial charge in [0.25, 0.3) is 0 Å². The molecule has 67 heavy (non-hydrogen) atoms. The first-order valence-corrected chi connectivity index (χ1v) is 24.9. The van der Waals surface area contributed by atoms with Gasteiger partial charge in [0.2, 0.25) is 0 Å². The summed E-state index contributed by atoms with van der Waals surface area (Å²) in [6.07, 6.45) is 25.1. The third-order valence-corrected chi connectivity index (χ3v) is 12.7. The van der Waals surface area contributed by atoms with E-state index in [4.69, 9.17) is 0 Å². The number of benzene rings is 6. The molecule has 0 amide bonds. The van der Waals surface area contributed by atoms with E-state index in [1.165, 1.54) is 162 Å². The predicted octanol–water partition coefficient (Wildman–Crippen LogP) is 18.1. The van der Waals surface area contributed by atoms with Crippen molar-refractivity contribution in [3.05, 3.63) is 199 Å². The Morgan fingerprint density at radius 1 is 0.284 bits per heavy atom. The second-order valence-electron chi connectivity index (χ2n) is 17.7. The summed E-state index contributed by atoms with van der Waals surface area (Å²) in [7, 11) is 0. The van der Waals surface area contributed by atoms with Gasteiger partial charge in [0.05, 0.1) is 17.1 Å². The molecular weight excluding hydrogens is 991 g/mol. The smallest absolute Gasteiger partial charge is 0.0780 e.